The van der Waals surface area contributed by atoms with Crippen LogP contribution in [0, 0.1) is 0 Å². The lowest BCUT2D eigenvalue weighted by Crippen LogP contribution is -2.04. The van der Waals surface area contributed by atoms with Gasteiger partial charge in [0.25, 0.3) is 0 Å². The fourth-order valence-corrected chi connectivity index (χ4v) is 8.19. The minimum atomic E-state index is 0.660. The van der Waals surface area contributed by atoms with E-state index < -0.39 is 0 Å². The largest absolute Gasteiger partial charge is 0.316 e. The Morgan fingerprint density at radius 1 is 0.468 bits per heavy atom. The van der Waals surface area contributed by atoms with Gasteiger partial charge in [0.2, 0.25) is 5.95 Å². The highest BCUT2D eigenvalue weighted by Crippen LogP contribution is 2.44. The number of para-hydroxylation sites is 1. The van der Waals surface area contributed by atoms with Crippen molar-refractivity contribution in [3.05, 3.63) is 158 Å². The molecular weight excluding hydrogens is 593 g/mol. The first-order valence-corrected chi connectivity index (χ1v) is 16.6. The first kappa shape index (κ1) is 26.2. The van der Waals surface area contributed by atoms with Crippen LogP contribution in [0.3, 0.4) is 0 Å². The van der Waals surface area contributed by atoms with Crippen molar-refractivity contribution in [2.75, 3.05) is 0 Å². The molecule has 4 aromatic heterocycles. The van der Waals surface area contributed by atoms with Crippen LogP contribution in [-0.2, 0) is 0 Å². The molecule has 4 nitrogen and oxygen atoms in total. The maximum atomic E-state index is 5.36. The van der Waals surface area contributed by atoms with Gasteiger partial charge in [-0.3, -0.25) is 4.57 Å². The summed E-state index contributed by atoms with van der Waals surface area (Å²) in [4.78, 5) is 10.7. The predicted molar refractivity (Wildman–Crippen MR) is 197 cm³/mol. The summed E-state index contributed by atoms with van der Waals surface area (Å²) in [6.07, 6.45) is 2.17. The monoisotopic (exact) mass is 618 g/mol. The Labute approximate surface area is 274 Å². The van der Waals surface area contributed by atoms with Crippen LogP contribution in [0.1, 0.15) is 0 Å². The first-order chi connectivity index (χ1) is 23.3. The van der Waals surface area contributed by atoms with Crippen molar-refractivity contribution in [2.45, 2.75) is 0 Å². The van der Waals surface area contributed by atoms with E-state index in [0.29, 0.717) is 5.95 Å². The number of aromatic nitrogens is 4. The third kappa shape index (κ3) is 4.00. The van der Waals surface area contributed by atoms with E-state index in [-0.39, 0.29) is 0 Å². The molecule has 0 saturated heterocycles. The summed E-state index contributed by atoms with van der Waals surface area (Å²) in [5.41, 5.74) is 8.41. The molecule has 0 unspecified atom stereocenters. The number of hydrogen-bond acceptors (Lipinski definition) is 3. The van der Waals surface area contributed by atoms with Crippen LogP contribution in [0.25, 0.3) is 87.0 Å². The zero-order valence-electron chi connectivity index (χ0n) is 25.2. The van der Waals surface area contributed by atoms with E-state index in [1.54, 1.807) is 0 Å². The Morgan fingerprint density at radius 2 is 1.09 bits per heavy atom. The van der Waals surface area contributed by atoms with Gasteiger partial charge in [0.05, 0.1) is 27.9 Å². The first-order valence-electron chi connectivity index (χ1n) is 15.8. The molecule has 4 heterocycles. The lowest BCUT2D eigenvalue weighted by molar-refractivity contribution is 1.00. The van der Waals surface area contributed by atoms with Crippen molar-refractivity contribution in [1.29, 1.82) is 0 Å². The average molecular weight is 619 g/mol. The quantitative estimate of drug-likeness (QED) is 0.197. The molecule has 0 fully saturated rings. The van der Waals surface area contributed by atoms with Gasteiger partial charge in [-0.2, -0.15) is 0 Å². The molecule has 0 amide bonds. The van der Waals surface area contributed by atoms with Crippen molar-refractivity contribution in [3.63, 3.8) is 0 Å². The number of rotatable bonds is 4. The minimum Gasteiger partial charge on any atom is -0.316 e. The third-order valence-electron chi connectivity index (χ3n) is 9.19. The summed E-state index contributed by atoms with van der Waals surface area (Å²) < 4.78 is 7.13. The molecule has 0 aliphatic rings. The normalized spacial score (nSPS) is 11.8. The van der Waals surface area contributed by atoms with Gasteiger partial charge in [-0.05, 0) is 42.5 Å². The zero-order chi connectivity index (χ0) is 30.9. The molecule has 10 rings (SSSR count). The van der Waals surface area contributed by atoms with Gasteiger partial charge in [0.1, 0.15) is 0 Å². The Balaban J connectivity index is 1.40. The topological polar surface area (TPSA) is 35.6 Å². The van der Waals surface area contributed by atoms with Crippen molar-refractivity contribution < 1.29 is 0 Å². The highest BCUT2D eigenvalue weighted by atomic mass is 32.1. The molecule has 0 atom stereocenters. The number of benzene rings is 6. The summed E-state index contributed by atoms with van der Waals surface area (Å²) in [6.45, 7) is 0. The molecule has 0 saturated carbocycles. The Hall–Kier alpha value is -6.04. The molecule has 0 spiro atoms. The van der Waals surface area contributed by atoms with E-state index in [1.807, 2.05) is 23.5 Å². The number of nitrogens with zero attached hydrogens (tertiary/aromatic N) is 4. The lowest BCUT2D eigenvalue weighted by atomic mass is 10.1. The van der Waals surface area contributed by atoms with Crippen molar-refractivity contribution in [2.24, 2.45) is 0 Å². The zero-order valence-corrected chi connectivity index (χ0v) is 26.0. The van der Waals surface area contributed by atoms with Crippen LogP contribution < -0.4 is 0 Å². The van der Waals surface area contributed by atoms with Gasteiger partial charge in [-0.25, -0.2) is 9.97 Å². The van der Waals surface area contributed by atoms with E-state index in [1.165, 1.54) is 30.9 Å². The maximum absolute atomic E-state index is 5.36. The molecule has 0 N–H and O–H groups in total. The van der Waals surface area contributed by atoms with E-state index in [9.17, 15) is 0 Å². The smallest absolute Gasteiger partial charge is 0.235 e. The van der Waals surface area contributed by atoms with E-state index in [2.05, 4.69) is 155 Å². The fraction of sp³-hybridized carbons (Fsp3) is 0. The summed E-state index contributed by atoms with van der Waals surface area (Å²) >= 11 is 1.84. The Morgan fingerprint density at radius 3 is 1.81 bits per heavy atom. The van der Waals surface area contributed by atoms with E-state index in [0.717, 1.165) is 50.1 Å². The second-order valence-corrected chi connectivity index (χ2v) is 12.9. The van der Waals surface area contributed by atoms with Crippen LogP contribution in [0.5, 0.6) is 0 Å². The molecule has 10 aromatic rings. The SMILES string of the molecule is c1ccc(-c2cc(-c3ccccc3)nc(-n3c4c(ccc5c4ccn5-c4ccccc4)c4ccc5sc6ccccc6c5c43)n2)cc1. The summed E-state index contributed by atoms with van der Waals surface area (Å²) in [5.74, 6) is 0.660. The molecule has 5 heteroatoms. The van der Waals surface area contributed by atoms with Crippen LogP contribution in [0.4, 0.5) is 0 Å². The van der Waals surface area contributed by atoms with E-state index >= 15 is 0 Å². The number of thiophene rings is 1. The van der Waals surface area contributed by atoms with E-state index in [4.69, 9.17) is 9.97 Å². The van der Waals surface area contributed by atoms with Gasteiger partial charge < -0.3 is 4.57 Å². The predicted octanol–water partition coefficient (Wildman–Crippen LogP) is 11.2. The van der Waals surface area contributed by atoms with Crippen LogP contribution in [0.15, 0.2) is 158 Å². The molecule has 220 valence electrons. The number of fused-ring (bicyclic) bond motifs is 9. The second-order valence-electron chi connectivity index (χ2n) is 11.9. The average Bonchev–Trinajstić information content (AvgIpc) is 3.84. The van der Waals surface area contributed by atoms with Crippen LogP contribution in [-0.4, -0.2) is 19.1 Å². The molecular formula is C42H26N4S. The summed E-state index contributed by atoms with van der Waals surface area (Å²) in [6, 6.07) is 53.5. The Kier molecular flexibility index (Phi) is 5.71. The maximum Gasteiger partial charge on any atom is 0.235 e. The summed E-state index contributed by atoms with van der Waals surface area (Å²) in [7, 11) is 0. The molecule has 6 aromatic carbocycles. The van der Waals surface area contributed by atoms with Crippen molar-refractivity contribution >= 4 is 64.2 Å². The van der Waals surface area contributed by atoms with Gasteiger partial charge in [-0.15, -0.1) is 11.3 Å². The second kappa shape index (κ2) is 10.2. The Bertz CT molecular complexity index is 2720. The van der Waals surface area contributed by atoms with Crippen LogP contribution >= 0.6 is 11.3 Å². The van der Waals surface area contributed by atoms with Gasteiger partial charge in [-0.1, -0.05) is 109 Å². The highest BCUT2D eigenvalue weighted by Gasteiger charge is 2.23. The number of hydrogen-bond donors (Lipinski definition) is 0. The highest BCUT2D eigenvalue weighted by molar-refractivity contribution is 7.26. The molecule has 0 aliphatic heterocycles. The van der Waals surface area contributed by atoms with Crippen molar-refractivity contribution in [3.8, 4) is 34.2 Å². The lowest BCUT2D eigenvalue weighted by Gasteiger charge is -2.13. The molecule has 0 bridgehead atoms. The van der Waals surface area contributed by atoms with Gasteiger partial charge >= 0.3 is 0 Å². The van der Waals surface area contributed by atoms with Crippen molar-refractivity contribution in [1.82, 2.24) is 19.1 Å². The standard InChI is InChI=1S/C42H26N4S/c1-4-12-27(13-5-1)34-26-35(28-14-6-2-7-15-28)44-42(43-34)46-40-30(20-22-36-32(40)24-25-45(36)29-16-8-3-9-17-29)31-21-23-38-39(41(31)46)33-18-10-11-19-37(33)47-38/h1-26H. The molecule has 47 heavy (non-hydrogen) atoms. The fourth-order valence-electron chi connectivity index (χ4n) is 7.08. The molecule has 0 radical (unpaired) electrons. The van der Waals surface area contributed by atoms with Gasteiger partial charge in [0.15, 0.2) is 0 Å². The van der Waals surface area contributed by atoms with Crippen LogP contribution in [0.2, 0.25) is 0 Å². The third-order valence-corrected chi connectivity index (χ3v) is 10.3. The van der Waals surface area contributed by atoms with Gasteiger partial charge in [0, 0.05) is 59.3 Å². The summed E-state index contributed by atoms with van der Waals surface area (Å²) in [5, 5.41) is 6.03. The minimum absolute atomic E-state index is 0.660. The molecule has 0 aliphatic carbocycles.